The molecule has 0 radical (unpaired) electrons. The largest absolute Gasteiger partial charge is 0.301 e. The van der Waals surface area contributed by atoms with E-state index in [1.54, 1.807) is 47.1 Å². The number of para-hydroxylation sites is 1. The second-order valence-corrected chi connectivity index (χ2v) is 8.20. The Morgan fingerprint density at radius 1 is 1.03 bits per heavy atom. The van der Waals surface area contributed by atoms with Gasteiger partial charge in [-0.1, -0.05) is 53.7 Å². The number of amides is 1. The van der Waals surface area contributed by atoms with E-state index in [-0.39, 0.29) is 18.2 Å². The van der Waals surface area contributed by atoms with Crippen LogP contribution in [0.15, 0.2) is 81.6 Å². The molecule has 0 saturated carbocycles. The van der Waals surface area contributed by atoms with E-state index in [1.807, 2.05) is 42.5 Å². The fraction of sp³-hybridized carbons (Fsp3) is 0.0870. The zero-order chi connectivity index (χ0) is 21.1. The molecule has 0 saturated heterocycles. The minimum atomic E-state index is -0.169. The Kier molecular flexibility index (Phi) is 5.88. The molecule has 150 valence electrons. The van der Waals surface area contributed by atoms with E-state index in [4.69, 9.17) is 11.6 Å². The molecule has 0 unspecified atom stereocenters. The monoisotopic (exact) mass is 435 g/mol. The van der Waals surface area contributed by atoms with Gasteiger partial charge in [0.25, 0.3) is 5.91 Å². The van der Waals surface area contributed by atoms with Gasteiger partial charge >= 0.3 is 0 Å². The van der Waals surface area contributed by atoms with Crippen molar-refractivity contribution in [2.45, 2.75) is 16.7 Å². The minimum Gasteiger partial charge on any atom is -0.301 e. The van der Waals surface area contributed by atoms with Crippen LogP contribution < -0.4 is 10.3 Å². The summed E-state index contributed by atoms with van der Waals surface area (Å²) >= 11 is 7.47. The van der Waals surface area contributed by atoms with Crippen molar-refractivity contribution < 1.29 is 9.59 Å². The van der Waals surface area contributed by atoms with Crippen molar-refractivity contribution in [2.75, 3.05) is 11.4 Å². The van der Waals surface area contributed by atoms with Crippen LogP contribution in [0, 0.1) is 0 Å². The number of fused-ring (bicyclic) bond motifs is 2. The molecule has 4 rings (SSSR count). The predicted molar refractivity (Wildman–Crippen MR) is 121 cm³/mol. The summed E-state index contributed by atoms with van der Waals surface area (Å²) in [6.07, 6.45) is 1.63. The molecule has 0 fully saturated rings. The Morgan fingerprint density at radius 3 is 2.53 bits per heavy atom. The Morgan fingerprint density at radius 2 is 1.77 bits per heavy atom. The van der Waals surface area contributed by atoms with E-state index in [0.29, 0.717) is 16.3 Å². The number of halogens is 1. The van der Waals surface area contributed by atoms with Crippen LogP contribution >= 0.6 is 23.4 Å². The predicted octanol–water partition coefficient (Wildman–Crippen LogP) is 5.30. The number of carbonyl (C=O) groups is 2. The highest BCUT2D eigenvalue weighted by molar-refractivity contribution is 7.99. The molecule has 3 aromatic rings. The fourth-order valence-electron chi connectivity index (χ4n) is 3.10. The van der Waals surface area contributed by atoms with Gasteiger partial charge in [0.1, 0.15) is 6.54 Å². The number of nitrogens with one attached hydrogen (secondary N) is 1. The van der Waals surface area contributed by atoms with E-state index in [9.17, 15) is 9.59 Å². The van der Waals surface area contributed by atoms with E-state index >= 15 is 0 Å². The van der Waals surface area contributed by atoms with Crippen LogP contribution in [0.3, 0.4) is 0 Å². The highest BCUT2D eigenvalue weighted by atomic mass is 35.5. The van der Waals surface area contributed by atoms with Gasteiger partial charge < -0.3 is 5.43 Å². The summed E-state index contributed by atoms with van der Waals surface area (Å²) in [4.78, 5) is 28.6. The first-order valence-electron chi connectivity index (χ1n) is 9.29. The number of Topliss-reactive ketones (excluding diaryl/α,β-unsaturated/α-hetero) is 1. The number of nitrogens with zero attached hydrogens (tertiary/aromatic N) is 2. The molecule has 1 amide bonds. The molecule has 1 aliphatic rings. The first-order chi connectivity index (χ1) is 14.5. The summed E-state index contributed by atoms with van der Waals surface area (Å²) in [5.74, 6) is -0.210. The van der Waals surface area contributed by atoms with Gasteiger partial charge in [-0.25, -0.2) is 0 Å². The number of hydrazone groups is 1. The molecule has 1 N–H and O–H groups in total. The number of benzene rings is 3. The molecule has 1 heterocycles. The third kappa shape index (κ3) is 4.25. The van der Waals surface area contributed by atoms with Crippen molar-refractivity contribution >= 4 is 52.6 Å². The molecular formula is C23H18ClN3O2S. The summed E-state index contributed by atoms with van der Waals surface area (Å²) in [7, 11) is 0. The Labute approximate surface area is 183 Å². The molecular weight excluding hydrogens is 418 g/mol. The van der Waals surface area contributed by atoms with Gasteiger partial charge in [-0.05, 0) is 48.9 Å². The quantitative estimate of drug-likeness (QED) is 0.336. The van der Waals surface area contributed by atoms with Gasteiger partial charge in [0.2, 0.25) is 0 Å². The van der Waals surface area contributed by atoms with Gasteiger partial charge in [-0.2, -0.15) is 5.10 Å². The molecule has 0 aliphatic carbocycles. The normalized spacial score (nSPS) is 12.4. The molecule has 7 heteroatoms. The third-order valence-corrected chi connectivity index (χ3v) is 5.97. The number of hydrogen-bond donors (Lipinski definition) is 1. The smallest absolute Gasteiger partial charge is 0.252 e. The maximum absolute atomic E-state index is 13.1. The molecule has 0 aromatic heterocycles. The SMILES string of the molecule is CC(=O)c1ccc2c(c1)N(C(=O)CN/N=C/c1ccc(Cl)cc1)c1ccccc1S2. The van der Waals surface area contributed by atoms with Gasteiger partial charge in [-0.3, -0.25) is 14.5 Å². The van der Waals surface area contributed by atoms with Gasteiger partial charge in [0.15, 0.2) is 5.78 Å². The molecule has 3 aromatic carbocycles. The van der Waals surface area contributed by atoms with Crippen LogP contribution in [0.25, 0.3) is 0 Å². The topological polar surface area (TPSA) is 61.8 Å². The van der Waals surface area contributed by atoms with Crippen molar-refractivity contribution in [1.82, 2.24) is 5.43 Å². The average molecular weight is 436 g/mol. The van der Waals surface area contributed by atoms with Crippen molar-refractivity contribution in [3.8, 4) is 0 Å². The van der Waals surface area contributed by atoms with Crippen LogP contribution in [-0.2, 0) is 4.79 Å². The average Bonchev–Trinajstić information content (AvgIpc) is 2.75. The lowest BCUT2D eigenvalue weighted by Gasteiger charge is -2.31. The maximum atomic E-state index is 13.1. The summed E-state index contributed by atoms with van der Waals surface area (Å²) in [6.45, 7) is 1.53. The van der Waals surface area contributed by atoms with Crippen molar-refractivity contribution in [1.29, 1.82) is 0 Å². The first kappa shape index (κ1) is 20.2. The lowest BCUT2D eigenvalue weighted by Crippen LogP contribution is -2.35. The van der Waals surface area contributed by atoms with Crippen molar-refractivity contribution in [2.24, 2.45) is 5.10 Å². The van der Waals surface area contributed by atoms with Crippen LogP contribution in [0.4, 0.5) is 11.4 Å². The number of ketones is 1. The summed E-state index contributed by atoms with van der Waals surface area (Å²) in [5.41, 5.74) is 5.76. The van der Waals surface area contributed by atoms with E-state index in [1.165, 1.54) is 6.92 Å². The summed E-state index contributed by atoms with van der Waals surface area (Å²) < 4.78 is 0. The molecule has 5 nitrogen and oxygen atoms in total. The van der Waals surface area contributed by atoms with Crippen LogP contribution in [0.1, 0.15) is 22.8 Å². The Hall–Kier alpha value is -3.09. The van der Waals surface area contributed by atoms with Crippen LogP contribution in [-0.4, -0.2) is 24.4 Å². The van der Waals surface area contributed by atoms with Gasteiger partial charge in [0, 0.05) is 20.4 Å². The molecule has 0 bridgehead atoms. The van der Waals surface area contributed by atoms with Crippen LogP contribution in [0.5, 0.6) is 0 Å². The number of rotatable bonds is 5. The van der Waals surface area contributed by atoms with Gasteiger partial charge in [0.05, 0.1) is 17.6 Å². The van der Waals surface area contributed by atoms with Crippen molar-refractivity contribution in [3.63, 3.8) is 0 Å². The Bertz CT molecular complexity index is 1150. The maximum Gasteiger partial charge on any atom is 0.252 e. The van der Waals surface area contributed by atoms with E-state index in [0.717, 1.165) is 21.0 Å². The highest BCUT2D eigenvalue weighted by Crippen LogP contribution is 2.48. The zero-order valence-corrected chi connectivity index (χ0v) is 17.7. The van der Waals surface area contributed by atoms with E-state index < -0.39 is 0 Å². The summed E-state index contributed by atoms with van der Waals surface area (Å²) in [6, 6.07) is 20.4. The number of anilines is 2. The lowest BCUT2D eigenvalue weighted by atomic mass is 10.1. The van der Waals surface area contributed by atoms with E-state index in [2.05, 4.69) is 10.5 Å². The first-order valence-corrected chi connectivity index (χ1v) is 10.5. The molecule has 1 aliphatic heterocycles. The molecule has 0 atom stereocenters. The lowest BCUT2D eigenvalue weighted by molar-refractivity contribution is -0.117. The second kappa shape index (κ2) is 8.73. The second-order valence-electron chi connectivity index (χ2n) is 6.68. The minimum absolute atomic E-state index is 0.00678. The Balaban J connectivity index is 1.57. The molecule has 30 heavy (non-hydrogen) atoms. The third-order valence-electron chi connectivity index (χ3n) is 4.59. The summed E-state index contributed by atoms with van der Waals surface area (Å²) in [5, 5.41) is 4.79. The highest BCUT2D eigenvalue weighted by Gasteiger charge is 2.28. The number of carbonyl (C=O) groups excluding carboxylic acids is 2. The van der Waals surface area contributed by atoms with Gasteiger partial charge in [-0.15, -0.1) is 0 Å². The number of hydrogen-bond acceptors (Lipinski definition) is 5. The zero-order valence-electron chi connectivity index (χ0n) is 16.1. The van der Waals surface area contributed by atoms with Crippen LogP contribution in [0.2, 0.25) is 5.02 Å². The fourth-order valence-corrected chi connectivity index (χ4v) is 4.27. The van der Waals surface area contributed by atoms with Crippen molar-refractivity contribution in [3.05, 3.63) is 82.9 Å². The molecule has 0 spiro atoms. The standard InChI is InChI=1S/C23H18ClN3O2S/c1-15(28)17-8-11-22-20(12-17)27(19-4-2-3-5-21(19)30-22)23(29)14-26-25-13-16-6-9-18(24)10-7-16/h2-13,26H,14H2,1H3/b25-13+.